The number of aliphatic carboxylic acids is 1. The molecule has 1 aliphatic rings. The van der Waals surface area contributed by atoms with E-state index in [2.05, 4.69) is 5.32 Å². The Hall–Kier alpha value is -2.57. The maximum atomic E-state index is 11.6. The average Bonchev–Trinajstić information content (AvgIpc) is 2.82. The number of anilines is 1. The first kappa shape index (κ1) is 12.9. The lowest BCUT2D eigenvalue weighted by molar-refractivity contribution is -0.135. The van der Waals surface area contributed by atoms with E-state index in [9.17, 15) is 14.4 Å². The largest absolute Gasteiger partial charge is 0.480 e. The summed E-state index contributed by atoms with van der Waals surface area (Å²) in [7, 11) is 0. The number of carboxylic acids is 1. The number of carbonyl (C=O) groups excluding carboxylic acids is 2. The van der Waals surface area contributed by atoms with Gasteiger partial charge in [0.15, 0.2) is 0 Å². The van der Waals surface area contributed by atoms with Crippen LogP contribution < -0.4 is 10.2 Å². The second kappa shape index (κ2) is 5.38. The number of nitrogens with zero attached hydrogens (tertiary/aromatic N) is 1. The molecule has 0 aromatic heterocycles. The fraction of sp³-hybridized carbons (Fsp3) is 0.250. The van der Waals surface area contributed by atoms with Gasteiger partial charge in [0.25, 0.3) is 5.91 Å². The zero-order chi connectivity index (χ0) is 13.8. The molecule has 0 spiro atoms. The number of hydrogen-bond acceptors (Lipinski definition) is 4. The molecule has 7 nitrogen and oxygen atoms in total. The highest BCUT2D eigenvalue weighted by atomic mass is 16.6. The number of nitrogens with one attached hydrogen (secondary N) is 1. The molecule has 0 bridgehead atoms. The lowest BCUT2D eigenvalue weighted by Crippen LogP contribution is -2.29. The molecule has 1 saturated heterocycles. The average molecular weight is 264 g/mol. The summed E-state index contributed by atoms with van der Waals surface area (Å²) in [6.07, 6.45) is -0.414. The van der Waals surface area contributed by atoms with Gasteiger partial charge in [-0.05, 0) is 24.3 Å². The first-order valence-corrected chi connectivity index (χ1v) is 5.62. The van der Waals surface area contributed by atoms with Gasteiger partial charge in [-0.1, -0.05) is 0 Å². The monoisotopic (exact) mass is 264 g/mol. The third-order valence-electron chi connectivity index (χ3n) is 2.60. The third kappa shape index (κ3) is 3.01. The van der Waals surface area contributed by atoms with Crippen molar-refractivity contribution in [1.29, 1.82) is 0 Å². The normalized spacial score (nSPS) is 14.1. The van der Waals surface area contributed by atoms with Crippen molar-refractivity contribution >= 4 is 23.7 Å². The molecule has 2 rings (SSSR count). The van der Waals surface area contributed by atoms with E-state index in [1.54, 1.807) is 12.1 Å². The standard InChI is InChI=1S/C12H12N2O5/c15-10(16)7-13-11(17)8-1-3-9(4-2-8)14-5-6-19-12(14)18/h1-4H,5-7H2,(H,13,17)(H,15,16). The maximum Gasteiger partial charge on any atom is 0.414 e. The van der Waals surface area contributed by atoms with E-state index in [0.29, 0.717) is 24.4 Å². The molecule has 1 aliphatic heterocycles. The van der Waals surface area contributed by atoms with Crippen LogP contribution in [0.25, 0.3) is 0 Å². The van der Waals surface area contributed by atoms with Crippen molar-refractivity contribution in [3.8, 4) is 0 Å². The van der Waals surface area contributed by atoms with E-state index >= 15 is 0 Å². The topological polar surface area (TPSA) is 95.9 Å². The summed E-state index contributed by atoms with van der Waals surface area (Å²) >= 11 is 0. The highest BCUT2D eigenvalue weighted by Gasteiger charge is 2.23. The third-order valence-corrected chi connectivity index (χ3v) is 2.60. The minimum absolute atomic E-state index is 0.331. The van der Waals surface area contributed by atoms with Crippen LogP contribution in [0.3, 0.4) is 0 Å². The van der Waals surface area contributed by atoms with Gasteiger partial charge in [-0.15, -0.1) is 0 Å². The molecule has 0 saturated carbocycles. The minimum Gasteiger partial charge on any atom is -0.480 e. The van der Waals surface area contributed by atoms with Crippen molar-refractivity contribution < 1.29 is 24.2 Å². The smallest absolute Gasteiger partial charge is 0.414 e. The van der Waals surface area contributed by atoms with Crippen molar-refractivity contribution in [2.24, 2.45) is 0 Å². The lowest BCUT2D eigenvalue weighted by Gasteiger charge is -2.12. The fourth-order valence-corrected chi connectivity index (χ4v) is 1.68. The van der Waals surface area contributed by atoms with Crippen molar-refractivity contribution in [3.05, 3.63) is 29.8 Å². The summed E-state index contributed by atoms with van der Waals surface area (Å²) in [5.41, 5.74) is 0.967. The molecule has 2 amide bonds. The number of hydrogen-bond donors (Lipinski definition) is 2. The zero-order valence-corrected chi connectivity index (χ0v) is 9.96. The van der Waals surface area contributed by atoms with E-state index in [4.69, 9.17) is 9.84 Å². The molecule has 1 heterocycles. The Balaban J connectivity index is 2.03. The number of cyclic esters (lactones) is 1. The molecule has 0 atom stereocenters. The Kier molecular flexibility index (Phi) is 3.65. The van der Waals surface area contributed by atoms with Crippen LogP contribution in [-0.2, 0) is 9.53 Å². The summed E-state index contributed by atoms with van der Waals surface area (Å²) in [6, 6.07) is 6.28. The van der Waals surface area contributed by atoms with Crippen LogP contribution >= 0.6 is 0 Å². The predicted octanol–water partition coefficient (Wildman–Crippen LogP) is 0.458. The second-order valence-electron chi connectivity index (χ2n) is 3.89. The highest BCUT2D eigenvalue weighted by Crippen LogP contribution is 2.19. The maximum absolute atomic E-state index is 11.6. The van der Waals surface area contributed by atoms with Gasteiger partial charge in [0.1, 0.15) is 13.2 Å². The van der Waals surface area contributed by atoms with E-state index in [-0.39, 0.29) is 0 Å². The van der Waals surface area contributed by atoms with Crippen LogP contribution in [0.4, 0.5) is 10.5 Å². The Morgan fingerprint density at radius 1 is 1.32 bits per heavy atom. The molecule has 0 unspecified atom stereocenters. The first-order valence-electron chi connectivity index (χ1n) is 5.62. The van der Waals surface area contributed by atoms with Gasteiger partial charge in [-0.25, -0.2) is 4.79 Å². The van der Waals surface area contributed by atoms with E-state index in [1.807, 2.05) is 0 Å². The molecule has 1 aromatic carbocycles. The van der Waals surface area contributed by atoms with Crippen LogP contribution in [0.5, 0.6) is 0 Å². The Morgan fingerprint density at radius 3 is 2.53 bits per heavy atom. The van der Waals surface area contributed by atoms with Gasteiger partial charge in [-0.2, -0.15) is 0 Å². The number of amides is 2. The lowest BCUT2D eigenvalue weighted by atomic mass is 10.2. The zero-order valence-electron chi connectivity index (χ0n) is 9.96. The van der Waals surface area contributed by atoms with Crippen LogP contribution in [0.1, 0.15) is 10.4 Å². The van der Waals surface area contributed by atoms with Gasteiger partial charge in [0.2, 0.25) is 0 Å². The van der Waals surface area contributed by atoms with Gasteiger partial charge in [-0.3, -0.25) is 14.5 Å². The number of carboxylic acid groups (broad SMARTS) is 1. The molecular weight excluding hydrogens is 252 g/mol. The van der Waals surface area contributed by atoms with Crippen molar-refractivity contribution in [3.63, 3.8) is 0 Å². The van der Waals surface area contributed by atoms with Crippen molar-refractivity contribution in [2.45, 2.75) is 0 Å². The van der Waals surface area contributed by atoms with Gasteiger partial charge >= 0.3 is 12.1 Å². The molecule has 0 radical (unpaired) electrons. The summed E-state index contributed by atoms with van der Waals surface area (Å²) in [5.74, 6) is -1.58. The first-order chi connectivity index (χ1) is 9.08. The fourth-order valence-electron chi connectivity index (χ4n) is 1.68. The molecule has 0 aliphatic carbocycles. The number of rotatable bonds is 4. The molecule has 100 valence electrons. The van der Waals surface area contributed by atoms with E-state index in [1.165, 1.54) is 17.0 Å². The van der Waals surface area contributed by atoms with Crippen LogP contribution in [0, 0.1) is 0 Å². The summed E-state index contributed by atoms with van der Waals surface area (Å²) in [5, 5.41) is 10.7. The number of benzene rings is 1. The number of carbonyl (C=O) groups is 3. The molecular formula is C12H12N2O5. The van der Waals surface area contributed by atoms with E-state index < -0.39 is 24.5 Å². The van der Waals surface area contributed by atoms with Crippen LogP contribution in [-0.4, -0.2) is 42.8 Å². The van der Waals surface area contributed by atoms with Crippen molar-refractivity contribution in [1.82, 2.24) is 5.32 Å². The molecule has 1 aromatic rings. The van der Waals surface area contributed by atoms with Crippen LogP contribution in [0.15, 0.2) is 24.3 Å². The summed E-state index contributed by atoms with van der Waals surface area (Å²) in [6.45, 7) is 0.391. The highest BCUT2D eigenvalue weighted by molar-refractivity contribution is 5.96. The van der Waals surface area contributed by atoms with Crippen LogP contribution in [0.2, 0.25) is 0 Å². The predicted molar refractivity (Wildman–Crippen MR) is 65.1 cm³/mol. The van der Waals surface area contributed by atoms with E-state index in [0.717, 1.165) is 0 Å². The molecule has 7 heteroatoms. The van der Waals surface area contributed by atoms with Gasteiger partial charge in [0, 0.05) is 11.3 Å². The van der Waals surface area contributed by atoms with Crippen molar-refractivity contribution in [2.75, 3.05) is 24.6 Å². The van der Waals surface area contributed by atoms with Gasteiger partial charge < -0.3 is 15.2 Å². The summed E-state index contributed by atoms with van der Waals surface area (Å²) < 4.78 is 4.80. The molecule has 1 fully saturated rings. The Bertz CT molecular complexity index is 511. The Labute approximate surface area is 108 Å². The number of ether oxygens (including phenoxy) is 1. The summed E-state index contributed by atoms with van der Waals surface area (Å²) in [4.78, 5) is 34.7. The SMILES string of the molecule is O=C(O)CNC(=O)c1ccc(N2CCOC2=O)cc1. The Morgan fingerprint density at radius 2 is 2.00 bits per heavy atom. The molecule has 2 N–H and O–H groups in total. The van der Waals surface area contributed by atoms with Gasteiger partial charge in [0.05, 0.1) is 6.54 Å². The quantitative estimate of drug-likeness (QED) is 0.823. The second-order valence-corrected chi connectivity index (χ2v) is 3.89. The minimum atomic E-state index is -1.11. The molecule has 19 heavy (non-hydrogen) atoms.